The van der Waals surface area contributed by atoms with E-state index >= 15 is 0 Å². The third-order valence-corrected chi connectivity index (χ3v) is 2.69. The third-order valence-electron chi connectivity index (χ3n) is 2.69. The summed E-state index contributed by atoms with van der Waals surface area (Å²) in [6.07, 6.45) is 1.84. The number of fused-ring (bicyclic) bond motifs is 1. The molecule has 84 valence electrons. The Morgan fingerprint density at radius 2 is 2.00 bits per heavy atom. The Kier molecular flexibility index (Phi) is 2.08. The molecular weight excluding hydrogens is 212 g/mol. The summed E-state index contributed by atoms with van der Waals surface area (Å²) in [6, 6.07) is 11.9. The maximum absolute atomic E-state index is 5.64. The maximum atomic E-state index is 5.64. The van der Waals surface area contributed by atoms with Crippen LogP contribution in [0.5, 0.6) is 0 Å². The second kappa shape index (κ2) is 3.59. The van der Waals surface area contributed by atoms with Crippen LogP contribution in [0, 0.1) is 6.92 Å². The lowest BCUT2D eigenvalue weighted by atomic mass is 10.2. The summed E-state index contributed by atoms with van der Waals surface area (Å²) in [6.45, 7) is 1.98. The SMILES string of the molecule is Cc1ccc2cccc(-n3ccc(N)n3)c2n1. The molecule has 0 spiro atoms. The Labute approximate surface area is 98.7 Å². The van der Waals surface area contributed by atoms with Crippen molar-refractivity contribution in [3.63, 3.8) is 0 Å². The van der Waals surface area contributed by atoms with Crippen LogP contribution in [-0.2, 0) is 0 Å². The Morgan fingerprint density at radius 1 is 1.12 bits per heavy atom. The zero-order valence-corrected chi connectivity index (χ0v) is 9.46. The van der Waals surface area contributed by atoms with E-state index in [9.17, 15) is 0 Å². The number of nitrogens with two attached hydrogens (primary N) is 1. The number of aromatic nitrogens is 3. The van der Waals surface area contributed by atoms with Crippen molar-refractivity contribution in [1.29, 1.82) is 0 Å². The van der Waals surface area contributed by atoms with Gasteiger partial charge in [-0.1, -0.05) is 18.2 Å². The summed E-state index contributed by atoms with van der Waals surface area (Å²) in [5.41, 5.74) is 8.52. The van der Waals surface area contributed by atoms with E-state index in [2.05, 4.69) is 16.1 Å². The first kappa shape index (κ1) is 9.84. The minimum Gasteiger partial charge on any atom is -0.382 e. The highest BCUT2D eigenvalue weighted by molar-refractivity contribution is 5.86. The Balaban J connectivity index is 2.32. The quantitative estimate of drug-likeness (QED) is 0.690. The van der Waals surface area contributed by atoms with Crippen LogP contribution in [0.4, 0.5) is 5.82 Å². The number of hydrogen-bond acceptors (Lipinski definition) is 3. The molecule has 2 aromatic heterocycles. The summed E-state index contributed by atoms with van der Waals surface area (Å²) < 4.78 is 1.75. The Morgan fingerprint density at radius 3 is 2.76 bits per heavy atom. The fraction of sp³-hybridized carbons (Fsp3) is 0.0769. The highest BCUT2D eigenvalue weighted by Crippen LogP contribution is 2.20. The first-order chi connectivity index (χ1) is 8.24. The molecule has 1 aromatic carbocycles. The smallest absolute Gasteiger partial charge is 0.145 e. The van der Waals surface area contributed by atoms with Gasteiger partial charge in [0.1, 0.15) is 5.82 Å². The van der Waals surface area contributed by atoms with Crippen LogP contribution in [0.3, 0.4) is 0 Å². The molecule has 4 nitrogen and oxygen atoms in total. The monoisotopic (exact) mass is 224 g/mol. The van der Waals surface area contributed by atoms with Gasteiger partial charge in [-0.05, 0) is 19.1 Å². The molecule has 0 fully saturated rings. The van der Waals surface area contributed by atoms with Crippen molar-refractivity contribution in [2.75, 3.05) is 5.73 Å². The van der Waals surface area contributed by atoms with Crippen molar-refractivity contribution in [2.45, 2.75) is 6.92 Å². The Hall–Kier alpha value is -2.36. The highest BCUT2D eigenvalue weighted by atomic mass is 15.3. The first-order valence-corrected chi connectivity index (χ1v) is 5.42. The molecule has 0 aliphatic heterocycles. The van der Waals surface area contributed by atoms with Gasteiger partial charge < -0.3 is 5.73 Å². The van der Waals surface area contributed by atoms with Crippen molar-refractivity contribution < 1.29 is 0 Å². The molecule has 0 saturated heterocycles. The van der Waals surface area contributed by atoms with Gasteiger partial charge in [0, 0.05) is 23.3 Å². The van der Waals surface area contributed by atoms with Gasteiger partial charge in [0.2, 0.25) is 0 Å². The largest absolute Gasteiger partial charge is 0.382 e. The van der Waals surface area contributed by atoms with E-state index in [4.69, 9.17) is 5.73 Å². The van der Waals surface area contributed by atoms with Crippen LogP contribution in [0.15, 0.2) is 42.6 Å². The highest BCUT2D eigenvalue weighted by Gasteiger charge is 2.05. The van der Waals surface area contributed by atoms with E-state index in [0.29, 0.717) is 5.82 Å². The van der Waals surface area contributed by atoms with Gasteiger partial charge in [0.15, 0.2) is 0 Å². The third kappa shape index (κ3) is 1.63. The summed E-state index contributed by atoms with van der Waals surface area (Å²) in [5, 5.41) is 5.31. The van der Waals surface area contributed by atoms with Gasteiger partial charge in [0.05, 0.1) is 11.2 Å². The molecule has 0 atom stereocenters. The number of rotatable bonds is 1. The lowest BCUT2D eigenvalue weighted by Crippen LogP contribution is -1.98. The number of nitrogens with zero attached hydrogens (tertiary/aromatic N) is 3. The minimum absolute atomic E-state index is 0.509. The zero-order chi connectivity index (χ0) is 11.8. The van der Waals surface area contributed by atoms with Gasteiger partial charge in [-0.2, -0.15) is 5.10 Å². The molecule has 3 aromatic rings. The minimum atomic E-state index is 0.509. The van der Waals surface area contributed by atoms with E-state index in [0.717, 1.165) is 22.3 Å². The molecule has 0 bridgehead atoms. The number of anilines is 1. The van der Waals surface area contributed by atoms with Crippen molar-refractivity contribution in [2.24, 2.45) is 0 Å². The molecule has 0 unspecified atom stereocenters. The lowest BCUT2D eigenvalue weighted by molar-refractivity contribution is 0.890. The number of pyridine rings is 1. The molecule has 0 aliphatic carbocycles. The molecule has 0 amide bonds. The summed E-state index contributed by atoms with van der Waals surface area (Å²) in [7, 11) is 0. The van der Waals surface area contributed by atoms with Gasteiger partial charge in [-0.15, -0.1) is 0 Å². The molecular formula is C13H12N4. The van der Waals surface area contributed by atoms with Crippen molar-refractivity contribution >= 4 is 16.7 Å². The molecule has 2 heterocycles. The standard InChI is InChI=1S/C13H12N4/c1-9-5-6-10-3-2-4-11(13(10)15-9)17-8-7-12(14)16-17/h2-8H,1H3,(H2,14,16). The van der Waals surface area contributed by atoms with Gasteiger partial charge in [0.25, 0.3) is 0 Å². The number of aryl methyl sites for hydroxylation is 1. The van der Waals surface area contributed by atoms with Crippen LogP contribution < -0.4 is 5.73 Å². The van der Waals surface area contributed by atoms with Crippen molar-refractivity contribution in [3.05, 3.63) is 48.3 Å². The predicted molar refractivity (Wildman–Crippen MR) is 68.0 cm³/mol. The normalized spacial score (nSPS) is 10.9. The topological polar surface area (TPSA) is 56.7 Å². The van der Waals surface area contributed by atoms with Crippen LogP contribution in [0.1, 0.15) is 5.69 Å². The number of para-hydroxylation sites is 1. The number of hydrogen-bond donors (Lipinski definition) is 1. The molecule has 3 rings (SSSR count). The van der Waals surface area contributed by atoms with Crippen LogP contribution in [0.25, 0.3) is 16.6 Å². The Bertz CT molecular complexity index is 685. The molecule has 0 saturated carbocycles. The molecule has 0 radical (unpaired) electrons. The number of nitrogen functional groups attached to an aromatic ring is 1. The van der Waals surface area contributed by atoms with Crippen molar-refractivity contribution in [3.8, 4) is 5.69 Å². The second-order valence-corrected chi connectivity index (χ2v) is 3.99. The van der Waals surface area contributed by atoms with E-state index in [1.807, 2.05) is 37.4 Å². The zero-order valence-electron chi connectivity index (χ0n) is 9.46. The van der Waals surface area contributed by atoms with E-state index in [1.54, 1.807) is 10.7 Å². The molecule has 4 heteroatoms. The summed E-state index contributed by atoms with van der Waals surface area (Å²) in [4.78, 5) is 4.56. The predicted octanol–water partition coefficient (Wildman–Crippen LogP) is 2.31. The number of benzene rings is 1. The van der Waals surface area contributed by atoms with Crippen LogP contribution in [0.2, 0.25) is 0 Å². The average molecular weight is 224 g/mol. The van der Waals surface area contributed by atoms with Crippen LogP contribution >= 0.6 is 0 Å². The second-order valence-electron chi connectivity index (χ2n) is 3.99. The van der Waals surface area contributed by atoms with Crippen LogP contribution in [-0.4, -0.2) is 14.8 Å². The molecule has 0 aliphatic rings. The summed E-state index contributed by atoms with van der Waals surface area (Å²) >= 11 is 0. The lowest BCUT2D eigenvalue weighted by Gasteiger charge is -2.06. The van der Waals surface area contributed by atoms with Crippen molar-refractivity contribution in [1.82, 2.24) is 14.8 Å². The average Bonchev–Trinajstić information content (AvgIpc) is 2.75. The van der Waals surface area contributed by atoms with E-state index in [1.165, 1.54) is 0 Å². The van der Waals surface area contributed by atoms with E-state index in [-0.39, 0.29) is 0 Å². The molecule has 17 heavy (non-hydrogen) atoms. The van der Waals surface area contributed by atoms with Gasteiger partial charge >= 0.3 is 0 Å². The fourth-order valence-electron chi connectivity index (χ4n) is 1.89. The van der Waals surface area contributed by atoms with Gasteiger partial charge in [-0.3, -0.25) is 4.98 Å². The molecule has 2 N–H and O–H groups in total. The fourth-order valence-corrected chi connectivity index (χ4v) is 1.89. The van der Waals surface area contributed by atoms with E-state index < -0.39 is 0 Å². The van der Waals surface area contributed by atoms with Gasteiger partial charge in [-0.25, -0.2) is 4.68 Å². The maximum Gasteiger partial charge on any atom is 0.145 e. The summed E-state index contributed by atoms with van der Waals surface area (Å²) in [5.74, 6) is 0.509. The first-order valence-electron chi connectivity index (χ1n) is 5.42.